The van der Waals surface area contributed by atoms with Gasteiger partial charge in [0.25, 0.3) is 0 Å². The molecule has 7 atom stereocenters. The summed E-state index contributed by atoms with van der Waals surface area (Å²) in [5, 5.41) is 24.5. The topological polar surface area (TPSA) is 105 Å². The van der Waals surface area contributed by atoms with Gasteiger partial charge in [0.2, 0.25) is 0 Å². The second-order valence-corrected chi connectivity index (χ2v) is 16.5. The van der Waals surface area contributed by atoms with Crippen molar-refractivity contribution in [1.82, 2.24) is 5.32 Å². The maximum atomic E-state index is 14.9. The van der Waals surface area contributed by atoms with E-state index in [1.54, 1.807) is 6.07 Å². The fourth-order valence-electron chi connectivity index (χ4n) is 11.0. The summed E-state index contributed by atoms with van der Waals surface area (Å²) in [6, 6.07) is 24.3. The SMILES string of the molecule is CCC(C=C1OC(=O)C2=C3c4cc(O)ccc4-c4cccc(c4)C(NC)C=CC45CCC6=C(C(=O)OC6=CCC(C)CO)C4C12CCC35)Cc1ccccc1. The summed E-state index contributed by atoms with van der Waals surface area (Å²) < 4.78 is 12.8. The number of benzene rings is 3. The Balaban J connectivity index is 1.36. The smallest absolute Gasteiger partial charge is 0.340 e. The van der Waals surface area contributed by atoms with E-state index in [0.717, 1.165) is 59.1 Å². The Hall–Kier alpha value is -4.98. The molecule has 2 spiro atoms. The fourth-order valence-corrected chi connectivity index (χ4v) is 11.0. The average Bonchev–Trinajstić information content (AvgIpc) is 3.68. The lowest BCUT2D eigenvalue weighted by Gasteiger charge is -2.62. The van der Waals surface area contributed by atoms with Crippen LogP contribution < -0.4 is 5.32 Å². The van der Waals surface area contributed by atoms with Crippen molar-refractivity contribution in [2.45, 2.75) is 64.8 Å². The molecule has 5 aliphatic carbocycles. The number of aromatic hydroxyl groups is 1. The highest BCUT2D eigenvalue weighted by molar-refractivity contribution is 6.08. The molecular formula is C48H49NO6. The number of carbonyl (C=O) groups excluding carboxylic acids is 2. The van der Waals surface area contributed by atoms with Crippen molar-refractivity contribution in [2.75, 3.05) is 13.7 Å². The third-order valence-electron chi connectivity index (χ3n) is 13.6. The molecule has 0 radical (unpaired) electrons. The van der Waals surface area contributed by atoms with Crippen LogP contribution in [0.5, 0.6) is 5.75 Å². The molecule has 55 heavy (non-hydrogen) atoms. The Morgan fingerprint density at radius 3 is 2.58 bits per heavy atom. The van der Waals surface area contributed by atoms with Crippen LogP contribution in [-0.2, 0) is 25.5 Å². The van der Waals surface area contributed by atoms with Crippen molar-refractivity contribution >= 4 is 17.5 Å². The number of rotatable bonds is 8. The van der Waals surface area contributed by atoms with Gasteiger partial charge in [0.1, 0.15) is 17.3 Å². The molecule has 7 aliphatic rings. The van der Waals surface area contributed by atoms with E-state index in [4.69, 9.17) is 9.47 Å². The van der Waals surface area contributed by atoms with Gasteiger partial charge in [-0.2, -0.15) is 0 Å². The quantitative estimate of drug-likeness (QED) is 0.157. The first-order valence-electron chi connectivity index (χ1n) is 20.0. The summed E-state index contributed by atoms with van der Waals surface area (Å²) in [6.07, 6.45) is 13.8. The Bertz CT molecular complexity index is 2240. The molecule has 3 N–H and O–H groups in total. The van der Waals surface area contributed by atoms with E-state index in [2.05, 4.69) is 79.0 Å². The molecule has 2 fully saturated rings. The third-order valence-corrected chi connectivity index (χ3v) is 13.6. The molecule has 7 unspecified atom stereocenters. The predicted octanol–water partition coefficient (Wildman–Crippen LogP) is 8.91. The van der Waals surface area contributed by atoms with Gasteiger partial charge in [-0.05, 0) is 133 Å². The zero-order valence-corrected chi connectivity index (χ0v) is 31.8. The molecule has 1 saturated carbocycles. The van der Waals surface area contributed by atoms with Crippen LogP contribution in [0.4, 0.5) is 0 Å². The van der Waals surface area contributed by atoms with Crippen LogP contribution in [0, 0.1) is 34.5 Å². The number of phenolic OH excluding ortho intramolecular Hbond substituents is 1. The molecule has 1 saturated heterocycles. The van der Waals surface area contributed by atoms with Crippen molar-refractivity contribution in [3.8, 4) is 16.9 Å². The first-order chi connectivity index (χ1) is 26.7. The van der Waals surface area contributed by atoms with Gasteiger partial charge in [-0.1, -0.05) is 80.6 Å². The van der Waals surface area contributed by atoms with Crippen LogP contribution in [-0.4, -0.2) is 35.8 Å². The van der Waals surface area contributed by atoms with Crippen LogP contribution >= 0.6 is 0 Å². The Labute approximate surface area is 323 Å². The van der Waals surface area contributed by atoms with Gasteiger partial charge in [0, 0.05) is 29.1 Å². The molecule has 3 aromatic carbocycles. The summed E-state index contributed by atoms with van der Waals surface area (Å²) in [6.45, 7) is 4.20. The van der Waals surface area contributed by atoms with Crippen molar-refractivity contribution in [2.24, 2.45) is 34.5 Å². The molecule has 3 aromatic rings. The molecule has 2 heterocycles. The van der Waals surface area contributed by atoms with Gasteiger partial charge in [-0.15, -0.1) is 0 Å². The second kappa shape index (κ2) is 13.6. The summed E-state index contributed by atoms with van der Waals surface area (Å²) in [4.78, 5) is 29.4. The molecule has 282 valence electrons. The van der Waals surface area contributed by atoms with Crippen LogP contribution in [0.1, 0.15) is 75.1 Å². The van der Waals surface area contributed by atoms with E-state index in [1.165, 1.54) is 5.56 Å². The maximum Gasteiger partial charge on any atom is 0.340 e. The maximum absolute atomic E-state index is 14.9. The van der Waals surface area contributed by atoms with Gasteiger partial charge in [-0.3, -0.25) is 0 Å². The number of allylic oxidation sites excluding steroid dienone is 6. The van der Waals surface area contributed by atoms with Crippen molar-refractivity contribution in [3.05, 3.63) is 142 Å². The highest BCUT2D eigenvalue weighted by Gasteiger charge is 2.73. The second-order valence-electron chi connectivity index (χ2n) is 16.5. The number of phenols is 1. The lowest BCUT2D eigenvalue weighted by molar-refractivity contribution is -0.135. The molecule has 0 aromatic heterocycles. The van der Waals surface area contributed by atoms with Crippen LogP contribution in [0.25, 0.3) is 16.7 Å². The van der Waals surface area contributed by atoms with E-state index in [1.807, 2.05) is 38.2 Å². The Kier molecular flexibility index (Phi) is 8.86. The number of aliphatic hydroxyl groups is 1. The minimum Gasteiger partial charge on any atom is -0.508 e. The third kappa shape index (κ3) is 5.45. The number of hydrogen-bond acceptors (Lipinski definition) is 7. The van der Waals surface area contributed by atoms with Crippen LogP contribution in [0.3, 0.4) is 0 Å². The number of carbonyl (C=O) groups is 2. The summed E-state index contributed by atoms with van der Waals surface area (Å²) in [7, 11) is 1.97. The average molecular weight is 736 g/mol. The van der Waals surface area contributed by atoms with E-state index in [0.29, 0.717) is 41.9 Å². The van der Waals surface area contributed by atoms with Crippen molar-refractivity contribution < 1.29 is 29.3 Å². The largest absolute Gasteiger partial charge is 0.508 e. The highest BCUT2D eigenvalue weighted by atomic mass is 16.5. The number of likely N-dealkylation sites (N-methyl/N-ethyl adjacent to an activating group) is 1. The molecule has 7 heteroatoms. The molecule has 7 nitrogen and oxygen atoms in total. The first kappa shape index (κ1) is 35.7. The van der Waals surface area contributed by atoms with Crippen molar-refractivity contribution in [1.29, 1.82) is 0 Å². The van der Waals surface area contributed by atoms with Gasteiger partial charge in [0.15, 0.2) is 0 Å². The number of aliphatic hydroxyl groups excluding tert-OH is 1. The van der Waals surface area contributed by atoms with Gasteiger partial charge >= 0.3 is 11.9 Å². The van der Waals surface area contributed by atoms with Gasteiger partial charge < -0.3 is 25.0 Å². The van der Waals surface area contributed by atoms with Gasteiger partial charge in [0.05, 0.1) is 17.0 Å². The summed E-state index contributed by atoms with van der Waals surface area (Å²) >= 11 is 0. The molecule has 10 rings (SSSR count). The van der Waals surface area contributed by atoms with E-state index in [-0.39, 0.29) is 48.1 Å². The molecule has 0 amide bonds. The highest BCUT2D eigenvalue weighted by Crippen LogP contribution is 2.76. The van der Waals surface area contributed by atoms with E-state index < -0.39 is 16.7 Å². The van der Waals surface area contributed by atoms with Crippen LogP contribution in [0.15, 0.2) is 125 Å². The molecular weight excluding hydrogens is 687 g/mol. The number of ether oxygens (including phenoxy) is 2. The number of esters is 2. The monoisotopic (exact) mass is 735 g/mol. The Morgan fingerprint density at radius 2 is 1.80 bits per heavy atom. The lowest BCUT2D eigenvalue weighted by atomic mass is 9.38. The standard InChI is InChI=1S/C48H49NO6/c1-4-29(23-30-9-6-5-7-10-30)24-40-48-22-18-37-41(43(48)46(53)55-40)36-26-33(51)14-15-34(36)31-11-8-12-32(25-31)38(49-3)19-21-47(37)20-17-35-39(16-13-28(2)27-50)54-45(52)42(35)44(47)48/h5-12,14-16,19,21,24-26,28-29,37-38,44,49-51H,4,13,17-18,20,22-23,27H2,1-3H3. The van der Waals surface area contributed by atoms with Crippen molar-refractivity contribution in [3.63, 3.8) is 0 Å². The predicted molar refractivity (Wildman–Crippen MR) is 212 cm³/mol. The minimum atomic E-state index is -0.937. The molecule has 2 aliphatic heterocycles. The number of fused-ring (bicyclic) bond motifs is 5. The first-order valence-corrected chi connectivity index (χ1v) is 20.0. The number of cyclic esters (lactones) is 2. The minimum absolute atomic E-state index is 0.0242. The summed E-state index contributed by atoms with van der Waals surface area (Å²) in [5.41, 5.74) is 6.74. The summed E-state index contributed by atoms with van der Waals surface area (Å²) in [5.74, 6) is 0.211. The normalized spacial score (nSPS) is 30.0. The van der Waals surface area contributed by atoms with E-state index in [9.17, 15) is 19.8 Å². The Morgan fingerprint density at radius 1 is 0.964 bits per heavy atom. The zero-order valence-electron chi connectivity index (χ0n) is 31.8. The van der Waals surface area contributed by atoms with E-state index >= 15 is 0 Å². The molecule has 6 bridgehead atoms. The van der Waals surface area contributed by atoms with Crippen LogP contribution in [0.2, 0.25) is 0 Å². The van der Waals surface area contributed by atoms with Gasteiger partial charge in [-0.25, -0.2) is 9.59 Å². The number of hydrogen-bond donors (Lipinski definition) is 3. The number of nitrogens with one attached hydrogen (secondary N) is 1. The zero-order chi connectivity index (χ0) is 38.1. The lowest BCUT2D eigenvalue weighted by Crippen LogP contribution is -2.58. The fraction of sp³-hybridized carbons (Fsp3) is 0.375.